The summed E-state index contributed by atoms with van der Waals surface area (Å²) in [5, 5.41) is 7.00. The zero-order valence-corrected chi connectivity index (χ0v) is 14.2. The maximum atomic E-state index is 12.0. The molecule has 0 aliphatic rings. The lowest BCUT2D eigenvalue weighted by Crippen LogP contribution is -2.54. The van der Waals surface area contributed by atoms with Crippen LogP contribution in [0, 0.1) is 0 Å². The first kappa shape index (κ1) is 22.6. The number of hydrogen-bond acceptors (Lipinski definition) is 6. The average molecular weight is 321 g/mol. The zero-order chi connectivity index (χ0) is 17.7. The molecule has 1 heterocycles. The van der Waals surface area contributed by atoms with Gasteiger partial charge in [-0.05, 0) is 0 Å². The summed E-state index contributed by atoms with van der Waals surface area (Å²) in [6.45, 7) is 4.65. The van der Waals surface area contributed by atoms with E-state index in [9.17, 15) is 14.4 Å². The fourth-order valence-corrected chi connectivity index (χ4v) is 1.50. The summed E-state index contributed by atoms with van der Waals surface area (Å²) in [6, 6.07) is 0. The van der Waals surface area contributed by atoms with E-state index in [0.29, 0.717) is 0 Å². The Morgan fingerprint density at radius 2 is 1.14 bits per heavy atom. The van der Waals surface area contributed by atoms with Gasteiger partial charge in [-0.15, -0.1) is 0 Å². The van der Waals surface area contributed by atoms with Gasteiger partial charge < -0.3 is 14.6 Å². The highest BCUT2D eigenvalue weighted by Gasteiger charge is 2.12. The van der Waals surface area contributed by atoms with Crippen LogP contribution in [0.5, 0.6) is 0 Å². The van der Waals surface area contributed by atoms with E-state index < -0.39 is 17.1 Å². The molecule has 0 bridgehead atoms. The van der Waals surface area contributed by atoms with Crippen molar-refractivity contribution < 1.29 is 14.6 Å². The van der Waals surface area contributed by atoms with Gasteiger partial charge in [-0.1, -0.05) is 13.8 Å². The highest BCUT2D eigenvalue weighted by molar-refractivity contribution is 4.77. The molecular formula is C13H27N3O6. The minimum Gasteiger partial charge on any atom is -0.400 e. The lowest BCUT2D eigenvalue weighted by atomic mass is 10.6. The van der Waals surface area contributed by atoms with E-state index in [0.717, 1.165) is 20.8 Å². The molecule has 9 nitrogen and oxygen atoms in total. The van der Waals surface area contributed by atoms with E-state index in [1.165, 1.54) is 21.3 Å². The Labute approximate surface area is 129 Å². The predicted molar refractivity (Wildman–Crippen MR) is 83.4 cm³/mol. The number of aromatic nitrogens is 3. The van der Waals surface area contributed by atoms with Crippen molar-refractivity contribution in [1.29, 1.82) is 0 Å². The van der Waals surface area contributed by atoms with Gasteiger partial charge in [-0.3, -0.25) is 0 Å². The van der Waals surface area contributed by atoms with Crippen LogP contribution in [0.3, 0.4) is 0 Å². The summed E-state index contributed by atoms with van der Waals surface area (Å²) in [7, 11) is 5.27. The number of aliphatic hydroxyl groups is 1. The molecule has 0 amide bonds. The molecule has 0 radical (unpaired) electrons. The molecule has 0 atom stereocenters. The third-order valence-corrected chi connectivity index (χ3v) is 2.54. The molecule has 1 N–H and O–H groups in total. The van der Waals surface area contributed by atoms with Crippen LogP contribution in [-0.4, -0.2) is 53.4 Å². The van der Waals surface area contributed by atoms with Gasteiger partial charge >= 0.3 is 17.1 Å². The van der Waals surface area contributed by atoms with Crippen molar-refractivity contribution in [3.63, 3.8) is 0 Å². The summed E-state index contributed by atoms with van der Waals surface area (Å²) in [6.07, 6.45) is 0. The van der Waals surface area contributed by atoms with Crippen LogP contribution in [0.2, 0.25) is 0 Å². The van der Waals surface area contributed by atoms with E-state index in [-0.39, 0.29) is 26.3 Å². The first-order valence-corrected chi connectivity index (χ1v) is 6.87. The average Bonchev–Trinajstić information content (AvgIpc) is 2.57. The third-order valence-electron chi connectivity index (χ3n) is 2.54. The Hall–Kier alpha value is -1.71. The van der Waals surface area contributed by atoms with Crippen LogP contribution in [0.15, 0.2) is 14.4 Å². The number of ether oxygens (including phenoxy) is 2. The highest BCUT2D eigenvalue weighted by Crippen LogP contribution is 1.77. The van der Waals surface area contributed by atoms with Gasteiger partial charge in [0, 0.05) is 28.4 Å². The van der Waals surface area contributed by atoms with Gasteiger partial charge in [0.05, 0.1) is 26.3 Å². The molecule has 1 aromatic heterocycles. The first-order valence-electron chi connectivity index (χ1n) is 6.87. The SMILES string of the molecule is CC.CO.COCCn1c(=O)n(C)c(=O)n(CCOC)c1=O. The molecule has 0 aromatic carbocycles. The predicted octanol–water partition coefficient (Wildman–Crippen LogP) is -1.36. The van der Waals surface area contributed by atoms with Crippen molar-refractivity contribution in [2.24, 2.45) is 7.05 Å². The molecule has 130 valence electrons. The van der Waals surface area contributed by atoms with Crippen molar-refractivity contribution in [2.45, 2.75) is 26.9 Å². The van der Waals surface area contributed by atoms with Gasteiger partial charge in [0.15, 0.2) is 0 Å². The quantitative estimate of drug-likeness (QED) is 0.693. The van der Waals surface area contributed by atoms with Crippen LogP contribution in [0.1, 0.15) is 13.8 Å². The fraction of sp³-hybridized carbons (Fsp3) is 0.769. The second kappa shape index (κ2) is 13.0. The van der Waals surface area contributed by atoms with Crippen LogP contribution in [0.4, 0.5) is 0 Å². The lowest BCUT2D eigenvalue weighted by molar-refractivity contribution is 0.174. The monoisotopic (exact) mass is 321 g/mol. The van der Waals surface area contributed by atoms with E-state index in [1.807, 2.05) is 13.8 Å². The first-order chi connectivity index (χ1) is 10.5. The number of nitrogens with zero attached hydrogens (tertiary/aromatic N) is 3. The Kier molecular flexibility index (Phi) is 13.3. The van der Waals surface area contributed by atoms with E-state index in [1.54, 1.807) is 0 Å². The Balaban J connectivity index is 0. The second-order valence-electron chi connectivity index (χ2n) is 3.70. The minimum atomic E-state index is -0.643. The van der Waals surface area contributed by atoms with Gasteiger partial charge in [0.25, 0.3) is 0 Å². The minimum absolute atomic E-state index is 0.106. The number of methoxy groups -OCH3 is 2. The number of rotatable bonds is 6. The standard InChI is InChI=1S/C10H17N3O5.C2H6.CH4O/c1-11-8(14)12(4-6-17-2)10(16)13(9(11)15)5-7-18-3;2*1-2/h4-7H2,1-3H3;1-2H3;2H,1H3. The third kappa shape index (κ3) is 5.96. The maximum Gasteiger partial charge on any atom is 0.336 e. The van der Waals surface area contributed by atoms with Gasteiger partial charge in [0.1, 0.15) is 0 Å². The van der Waals surface area contributed by atoms with Crippen molar-refractivity contribution >= 4 is 0 Å². The van der Waals surface area contributed by atoms with Gasteiger partial charge in [-0.25, -0.2) is 28.1 Å². The molecule has 1 rings (SSSR count). The fourth-order valence-electron chi connectivity index (χ4n) is 1.50. The molecule has 0 aliphatic carbocycles. The normalized spacial score (nSPS) is 9.41. The van der Waals surface area contributed by atoms with Crippen molar-refractivity contribution in [3.8, 4) is 0 Å². The lowest BCUT2D eigenvalue weighted by Gasteiger charge is -2.10. The smallest absolute Gasteiger partial charge is 0.336 e. The van der Waals surface area contributed by atoms with Crippen molar-refractivity contribution in [3.05, 3.63) is 31.5 Å². The van der Waals surface area contributed by atoms with Crippen LogP contribution >= 0.6 is 0 Å². The second-order valence-corrected chi connectivity index (χ2v) is 3.70. The Morgan fingerprint density at radius 1 is 0.818 bits per heavy atom. The van der Waals surface area contributed by atoms with Crippen LogP contribution < -0.4 is 17.1 Å². The zero-order valence-electron chi connectivity index (χ0n) is 14.2. The van der Waals surface area contributed by atoms with Gasteiger partial charge in [-0.2, -0.15) is 0 Å². The number of hydrogen-bond donors (Lipinski definition) is 1. The largest absolute Gasteiger partial charge is 0.400 e. The summed E-state index contributed by atoms with van der Waals surface area (Å²) >= 11 is 0. The molecule has 0 aliphatic heterocycles. The van der Waals surface area contributed by atoms with Crippen molar-refractivity contribution in [1.82, 2.24) is 13.7 Å². The van der Waals surface area contributed by atoms with E-state index >= 15 is 0 Å². The molecular weight excluding hydrogens is 294 g/mol. The Bertz CT molecular complexity index is 526. The van der Waals surface area contributed by atoms with Crippen molar-refractivity contribution in [2.75, 3.05) is 34.5 Å². The number of aliphatic hydroxyl groups excluding tert-OH is 1. The summed E-state index contributed by atoms with van der Waals surface area (Å²) in [4.78, 5) is 35.5. The van der Waals surface area contributed by atoms with Crippen LogP contribution in [0.25, 0.3) is 0 Å². The topological polar surface area (TPSA) is 105 Å². The molecule has 0 unspecified atom stereocenters. The molecule has 0 saturated heterocycles. The molecule has 9 heteroatoms. The maximum absolute atomic E-state index is 12.0. The summed E-state index contributed by atoms with van der Waals surface area (Å²) in [5.74, 6) is 0. The summed E-state index contributed by atoms with van der Waals surface area (Å²) in [5.41, 5.74) is -1.93. The van der Waals surface area contributed by atoms with Gasteiger partial charge in [0.2, 0.25) is 0 Å². The molecule has 1 aromatic rings. The molecule has 0 spiro atoms. The molecule has 0 fully saturated rings. The molecule has 22 heavy (non-hydrogen) atoms. The summed E-state index contributed by atoms with van der Waals surface area (Å²) < 4.78 is 12.5. The highest BCUT2D eigenvalue weighted by atomic mass is 16.5. The van der Waals surface area contributed by atoms with E-state index in [4.69, 9.17) is 14.6 Å². The van der Waals surface area contributed by atoms with E-state index in [2.05, 4.69) is 0 Å². The Morgan fingerprint density at radius 3 is 1.41 bits per heavy atom. The molecule has 0 saturated carbocycles. The van der Waals surface area contributed by atoms with Crippen LogP contribution in [-0.2, 0) is 29.6 Å².